The number of hydrogen-bond acceptors (Lipinski definition) is 6. The summed E-state index contributed by atoms with van der Waals surface area (Å²) in [5.41, 5.74) is 3.13. The van der Waals surface area contributed by atoms with Crippen molar-refractivity contribution in [2.24, 2.45) is 11.8 Å². The van der Waals surface area contributed by atoms with E-state index in [0.29, 0.717) is 29.2 Å². The van der Waals surface area contributed by atoms with Gasteiger partial charge in [0.2, 0.25) is 10.0 Å². The highest BCUT2D eigenvalue weighted by atomic mass is 32.2. The van der Waals surface area contributed by atoms with Crippen molar-refractivity contribution in [1.29, 1.82) is 5.26 Å². The quantitative estimate of drug-likeness (QED) is 0.339. The van der Waals surface area contributed by atoms with Crippen LogP contribution < -0.4 is 5.32 Å². The average molecular weight is 565 g/mol. The molecule has 1 amide bonds. The topological polar surface area (TPSA) is 93.5 Å². The number of nitrogens with one attached hydrogen (secondary N) is 1. The van der Waals surface area contributed by atoms with Crippen molar-refractivity contribution in [1.82, 2.24) is 9.21 Å². The first-order chi connectivity index (χ1) is 18.6. The Morgan fingerprint density at radius 2 is 1.69 bits per heavy atom. The molecule has 39 heavy (non-hydrogen) atoms. The summed E-state index contributed by atoms with van der Waals surface area (Å²) < 4.78 is 28.1. The molecule has 2 heterocycles. The number of hydrogen-bond donors (Lipinski definition) is 1. The number of fused-ring (bicyclic) bond motifs is 1. The molecule has 3 aromatic rings. The molecular formula is C30H36N4O3S2. The van der Waals surface area contributed by atoms with Crippen LogP contribution in [0.5, 0.6) is 0 Å². The number of carbonyl (C=O) groups excluding carboxylic acids is 1. The zero-order chi connectivity index (χ0) is 28.2. The molecule has 0 spiro atoms. The molecule has 1 aliphatic heterocycles. The minimum Gasteiger partial charge on any atom is -0.312 e. The van der Waals surface area contributed by atoms with E-state index in [0.717, 1.165) is 36.5 Å². The van der Waals surface area contributed by atoms with Gasteiger partial charge in [0, 0.05) is 43.2 Å². The minimum absolute atomic E-state index is 0.170. The van der Waals surface area contributed by atoms with Gasteiger partial charge in [-0.25, -0.2) is 8.42 Å². The van der Waals surface area contributed by atoms with Gasteiger partial charge in [0.1, 0.15) is 11.1 Å². The highest BCUT2D eigenvalue weighted by molar-refractivity contribution is 7.89. The number of benzene rings is 2. The first kappa shape index (κ1) is 29.0. The second-order valence-electron chi connectivity index (χ2n) is 10.9. The van der Waals surface area contributed by atoms with Crippen molar-refractivity contribution in [3.05, 3.63) is 81.7 Å². The number of carbonyl (C=O) groups is 1. The van der Waals surface area contributed by atoms with E-state index in [4.69, 9.17) is 0 Å². The summed E-state index contributed by atoms with van der Waals surface area (Å²) in [6, 6.07) is 18.6. The minimum atomic E-state index is -3.68. The second-order valence-corrected chi connectivity index (χ2v) is 13.9. The maximum Gasteiger partial charge on any atom is 0.256 e. The van der Waals surface area contributed by atoms with Crippen molar-refractivity contribution >= 4 is 32.3 Å². The SMILES string of the molecule is CC(C)CN(CC(C)C)S(=O)(=O)c1ccc(C(=O)Nc2sc3c(c2C#N)CCN(Cc2ccccc2)C3)cc1. The van der Waals surface area contributed by atoms with Gasteiger partial charge < -0.3 is 5.32 Å². The number of anilines is 1. The fraction of sp³-hybridized carbons (Fsp3) is 0.400. The number of nitrogens with zero attached hydrogens (tertiary/aromatic N) is 3. The number of nitriles is 1. The molecule has 1 aliphatic rings. The summed E-state index contributed by atoms with van der Waals surface area (Å²) in [6.45, 7) is 11.3. The molecule has 206 valence electrons. The third-order valence-corrected chi connectivity index (χ3v) is 9.59. The number of thiophene rings is 1. The van der Waals surface area contributed by atoms with Crippen LogP contribution in [-0.4, -0.2) is 43.2 Å². The molecule has 0 saturated heterocycles. The lowest BCUT2D eigenvalue weighted by Gasteiger charge is -2.26. The van der Waals surface area contributed by atoms with E-state index in [1.165, 1.54) is 45.5 Å². The average Bonchev–Trinajstić information content (AvgIpc) is 3.24. The van der Waals surface area contributed by atoms with Crippen LogP contribution in [0.15, 0.2) is 59.5 Å². The monoisotopic (exact) mass is 564 g/mol. The molecule has 7 nitrogen and oxygen atoms in total. The normalized spacial score (nSPS) is 14.0. The van der Waals surface area contributed by atoms with Crippen LogP contribution >= 0.6 is 11.3 Å². The van der Waals surface area contributed by atoms with E-state index in [2.05, 4.69) is 28.4 Å². The standard InChI is InChI=1S/C30H36N4O3S2/c1-21(2)17-34(18-22(3)4)39(36,37)25-12-10-24(11-13-25)29(35)32-30-27(16-31)26-14-15-33(20-28(26)38-30)19-23-8-6-5-7-9-23/h5-13,21-22H,14-15,17-20H2,1-4H3,(H,32,35). The number of rotatable bonds is 10. The van der Waals surface area contributed by atoms with Crippen LogP contribution in [0.4, 0.5) is 5.00 Å². The third kappa shape index (κ3) is 6.95. The zero-order valence-electron chi connectivity index (χ0n) is 23.0. The zero-order valence-corrected chi connectivity index (χ0v) is 24.6. The van der Waals surface area contributed by atoms with E-state index in [1.54, 1.807) is 0 Å². The van der Waals surface area contributed by atoms with Gasteiger partial charge in [0.05, 0.1) is 10.5 Å². The Morgan fingerprint density at radius 3 is 2.28 bits per heavy atom. The molecule has 9 heteroatoms. The van der Waals surface area contributed by atoms with Gasteiger partial charge >= 0.3 is 0 Å². The van der Waals surface area contributed by atoms with Gasteiger partial charge in [-0.2, -0.15) is 9.57 Å². The maximum atomic E-state index is 13.3. The predicted molar refractivity (Wildman–Crippen MR) is 156 cm³/mol. The summed E-state index contributed by atoms with van der Waals surface area (Å²) in [5, 5.41) is 13.3. The molecule has 1 N–H and O–H groups in total. The van der Waals surface area contributed by atoms with Crippen molar-refractivity contribution in [2.75, 3.05) is 25.0 Å². The van der Waals surface area contributed by atoms with Gasteiger partial charge in [-0.05, 0) is 53.6 Å². The molecule has 2 aromatic carbocycles. The fourth-order valence-corrected chi connectivity index (χ4v) is 7.83. The van der Waals surface area contributed by atoms with Gasteiger partial charge in [-0.3, -0.25) is 9.69 Å². The van der Waals surface area contributed by atoms with Crippen molar-refractivity contribution in [3.63, 3.8) is 0 Å². The third-order valence-electron chi connectivity index (χ3n) is 6.62. The molecule has 4 rings (SSSR count). The lowest BCUT2D eigenvalue weighted by atomic mass is 10.0. The number of amides is 1. The highest BCUT2D eigenvalue weighted by Crippen LogP contribution is 2.37. The van der Waals surface area contributed by atoms with Crippen LogP contribution in [0.1, 0.15) is 59.6 Å². The molecule has 0 saturated carbocycles. The van der Waals surface area contributed by atoms with E-state index in [1.807, 2.05) is 45.9 Å². The largest absolute Gasteiger partial charge is 0.312 e. The van der Waals surface area contributed by atoms with Crippen molar-refractivity contribution in [2.45, 2.75) is 52.1 Å². The van der Waals surface area contributed by atoms with E-state index >= 15 is 0 Å². The Bertz CT molecular complexity index is 1430. The van der Waals surface area contributed by atoms with Gasteiger partial charge in [-0.15, -0.1) is 11.3 Å². The predicted octanol–water partition coefficient (Wildman–Crippen LogP) is 5.73. The van der Waals surface area contributed by atoms with E-state index in [-0.39, 0.29) is 22.6 Å². The molecule has 0 fully saturated rings. The summed E-state index contributed by atoms with van der Waals surface area (Å²) >= 11 is 1.45. The Morgan fingerprint density at radius 1 is 1.05 bits per heavy atom. The number of sulfonamides is 1. The molecule has 0 bridgehead atoms. The first-order valence-corrected chi connectivity index (χ1v) is 15.6. The molecular weight excluding hydrogens is 528 g/mol. The first-order valence-electron chi connectivity index (χ1n) is 13.3. The summed E-state index contributed by atoms with van der Waals surface area (Å²) in [7, 11) is -3.68. The van der Waals surface area contributed by atoms with Gasteiger partial charge in [0.15, 0.2) is 0 Å². The van der Waals surface area contributed by atoms with Crippen LogP contribution in [0.3, 0.4) is 0 Å². The Hall–Kier alpha value is -3.03. The van der Waals surface area contributed by atoms with Gasteiger partial charge in [-0.1, -0.05) is 58.0 Å². The smallest absolute Gasteiger partial charge is 0.256 e. The maximum absolute atomic E-state index is 13.3. The lowest BCUT2D eigenvalue weighted by Crippen LogP contribution is -2.37. The Balaban J connectivity index is 1.48. The van der Waals surface area contributed by atoms with E-state index < -0.39 is 10.0 Å². The molecule has 1 aromatic heterocycles. The van der Waals surface area contributed by atoms with Gasteiger partial charge in [0.25, 0.3) is 5.91 Å². The summed E-state index contributed by atoms with van der Waals surface area (Å²) in [5.74, 6) is 0.0243. The molecule has 0 aliphatic carbocycles. The molecule has 0 radical (unpaired) electrons. The Kier molecular flexibility index (Phi) is 9.23. The van der Waals surface area contributed by atoms with Crippen molar-refractivity contribution in [3.8, 4) is 6.07 Å². The van der Waals surface area contributed by atoms with E-state index in [9.17, 15) is 18.5 Å². The fourth-order valence-electron chi connectivity index (χ4n) is 4.83. The summed E-state index contributed by atoms with van der Waals surface area (Å²) in [4.78, 5) is 16.7. The second kappa shape index (κ2) is 12.4. The van der Waals surface area contributed by atoms with Crippen LogP contribution in [0.2, 0.25) is 0 Å². The molecule has 0 atom stereocenters. The lowest BCUT2D eigenvalue weighted by molar-refractivity contribution is 0.102. The highest BCUT2D eigenvalue weighted by Gasteiger charge is 2.27. The van der Waals surface area contributed by atoms with Crippen molar-refractivity contribution < 1.29 is 13.2 Å². The molecule has 0 unspecified atom stereocenters. The van der Waals surface area contributed by atoms with Crippen LogP contribution in [0, 0.1) is 23.2 Å². The van der Waals surface area contributed by atoms with Crippen LogP contribution in [-0.2, 0) is 29.5 Å². The summed E-state index contributed by atoms with van der Waals surface area (Å²) in [6.07, 6.45) is 0.757. The Labute approximate surface area is 236 Å². The van der Waals surface area contributed by atoms with Crippen LogP contribution in [0.25, 0.3) is 0 Å².